The number of hydrogen-bond donors (Lipinski definition) is 0. The summed E-state index contributed by atoms with van der Waals surface area (Å²) < 4.78 is 0. The van der Waals surface area contributed by atoms with E-state index >= 15 is 0 Å². The van der Waals surface area contributed by atoms with Crippen LogP contribution in [0, 0.1) is 11.8 Å². The zero-order valence-corrected chi connectivity index (χ0v) is 12.2. The molecule has 0 aliphatic heterocycles. The van der Waals surface area contributed by atoms with Gasteiger partial charge in [0.2, 0.25) is 0 Å². The molecule has 1 unspecified atom stereocenters. The maximum absolute atomic E-state index is 2.56. The van der Waals surface area contributed by atoms with Crippen molar-refractivity contribution in [3.05, 3.63) is 12.2 Å². The van der Waals surface area contributed by atoms with Gasteiger partial charge in [0.05, 0.1) is 0 Å². The average molecular weight is 248 g/mol. The molecule has 0 N–H and O–H groups in total. The van der Waals surface area contributed by atoms with Crippen LogP contribution >= 0.6 is 0 Å². The normalized spacial score (nSPS) is 29.4. The van der Waals surface area contributed by atoms with Gasteiger partial charge in [-0.25, -0.2) is 0 Å². The maximum atomic E-state index is 2.56. The van der Waals surface area contributed by atoms with Gasteiger partial charge in [-0.15, -0.1) is 0 Å². The first-order valence-corrected chi connectivity index (χ1v) is 8.63. The summed E-state index contributed by atoms with van der Waals surface area (Å²) in [7, 11) is 0. The molecule has 18 heavy (non-hydrogen) atoms. The molecule has 0 radical (unpaired) electrons. The van der Waals surface area contributed by atoms with Gasteiger partial charge >= 0.3 is 0 Å². The molecule has 0 amide bonds. The van der Waals surface area contributed by atoms with Gasteiger partial charge in [0.15, 0.2) is 0 Å². The quantitative estimate of drug-likeness (QED) is 0.480. The summed E-state index contributed by atoms with van der Waals surface area (Å²) in [6.45, 7) is 0. The van der Waals surface area contributed by atoms with E-state index in [-0.39, 0.29) is 0 Å². The van der Waals surface area contributed by atoms with Crippen molar-refractivity contribution < 1.29 is 0 Å². The van der Waals surface area contributed by atoms with Gasteiger partial charge in [-0.3, -0.25) is 0 Å². The van der Waals surface area contributed by atoms with E-state index in [1.165, 1.54) is 89.9 Å². The number of hydrogen-bond acceptors (Lipinski definition) is 0. The van der Waals surface area contributed by atoms with Crippen LogP contribution in [0.25, 0.3) is 0 Å². The Kier molecular flexibility index (Phi) is 6.90. The molecule has 0 nitrogen and oxygen atoms in total. The molecule has 0 aromatic rings. The first-order chi connectivity index (χ1) is 8.97. The molecule has 0 aromatic heterocycles. The molecular weight excluding hydrogens is 216 g/mol. The molecule has 2 aliphatic rings. The van der Waals surface area contributed by atoms with E-state index in [0.29, 0.717) is 0 Å². The highest BCUT2D eigenvalue weighted by molar-refractivity contribution is 4.95. The van der Waals surface area contributed by atoms with Crippen molar-refractivity contribution in [3.63, 3.8) is 0 Å². The minimum absolute atomic E-state index is 0.932. The Morgan fingerprint density at radius 3 is 1.61 bits per heavy atom. The summed E-state index contributed by atoms with van der Waals surface area (Å²) >= 11 is 0. The van der Waals surface area contributed by atoms with E-state index in [9.17, 15) is 0 Å². The molecule has 0 heteroatoms. The van der Waals surface area contributed by atoms with E-state index in [0.717, 1.165) is 11.8 Å². The van der Waals surface area contributed by atoms with Crippen LogP contribution in [0.5, 0.6) is 0 Å². The van der Waals surface area contributed by atoms with E-state index in [4.69, 9.17) is 0 Å². The van der Waals surface area contributed by atoms with Crippen molar-refractivity contribution in [2.45, 2.75) is 89.9 Å². The maximum Gasteiger partial charge on any atom is -0.0205 e. The van der Waals surface area contributed by atoms with Crippen LogP contribution in [0.4, 0.5) is 0 Å². The highest BCUT2D eigenvalue weighted by Gasteiger charge is 2.20. The Bertz CT molecular complexity index is 216. The molecule has 104 valence electrons. The lowest BCUT2D eigenvalue weighted by Crippen LogP contribution is -2.15. The standard InChI is InChI=1S/C18H32/c1-2-4-6-9-13-17(14-10-7-5-3-1)18-15-11-8-12-16-18/h11,15,17-18H,1-10,12-14,16H2. The lowest BCUT2D eigenvalue weighted by atomic mass is 9.78. The lowest BCUT2D eigenvalue weighted by Gasteiger charge is -2.27. The fourth-order valence-electron chi connectivity index (χ4n) is 3.85. The third-order valence-corrected chi connectivity index (χ3v) is 5.05. The predicted molar refractivity (Wildman–Crippen MR) is 80.8 cm³/mol. The number of rotatable bonds is 1. The number of allylic oxidation sites excluding steroid dienone is 2. The second-order valence-corrected chi connectivity index (χ2v) is 6.54. The summed E-state index contributed by atoms with van der Waals surface area (Å²) in [4.78, 5) is 0. The zero-order chi connectivity index (χ0) is 12.5. The summed E-state index contributed by atoms with van der Waals surface area (Å²) in [5.74, 6) is 1.95. The van der Waals surface area contributed by atoms with Gasteiger partial charge in [-0.2, -0.15) is 0 Å². The van der Waals surface area contributed by atoms with E-state index in [2.05, 4.69) is 12.2 Å². The third-order valence-electron chi connectivity index (χ3n) is 5.05. The van der Waals surface area contributed by atoms with Crippen LogP contribution in [0.1, 0.15) is 89.9 Å². The summed E-state index contributed by atoms with van der Waals surface area (Å²) in [6, 6.07) is 0. The van der Waals surface area contributed by atoms with Gasteiger partial charge in [-0.1, -0.05) is 69.9 Å². The van der Waals surface area contributed by atoms with Gasteiger partial charge in [0.1, 0.15) is 0 Å². The van der Waals surface area contributed by atoms with E-state index in [1.807, 2.05) is 0 Å². The van der Waals surface area contributed by atoms with Crippen LogP contribution in [-0.2, 0) is 0 Å². The molecule has 2 aliphatic carbocycles. The van der Waals surface area contributed by atoms with Crippen molar-refractivity contribution in [2.75, 3.05) is 0 Å². The lowest BCUT2D eigenvalue weighted by molar-refractivity contribution is 0.295. The smallest absolute Gasteiger partial charge is 0.0205 e. The molecule has 0 spiro atoms. The third kappa shape index (κ3) is 5.16. The fourth-order valence-corrected chi connectivity index (χ4v) is 3.85. The molecule has 0 bridgehead atoms. The van der Waals surface area contributed by atoms with Crippen molar-refractivity contribution in [3.8, 4) is 0 Å². The molecule has 1 saturated carbocycles. The summed E-state index contributed by atoms with van der Waals surface area (Å²) in [6.07, 6.45) is 25.7. The monoisotopic (exact) mass is 248 g/mol. The minimum atomic E-state index is 0.932. The SMILES string of the molecule is C1=CC(C2CCCCCCCCCCC2)CCC1. The Hall–Kier alpha value is -0.260. The van der Waals surface area contributed by atoms with Gasteiger partial charge in [0.25, 0.3) is 0 Å². The van der Waals surface area contributed by atoms with Gasteiger partial charge < -0.3 is 0 Å². The van der Waals surface area contributed by atoms with Crippen LogP contribution in [0.3, 0.4) is 0 Å². The van der Waals surface area contributed by atoms with Crippen molar-refractivity contribution in [2.24, 2.45) is 11.8 Å². The van der Waals surface area contributed by atoms with Crippen LogP contribution in [0.2, 0.25) is 0 Å². The molecule has 2 rings (SSSR count). The molecular formula is C18H32. The topological polar surface area (TPSA) is 0 Å². The molecule has 0 heterocycles. The largest absolute Gasteiger partial charge is 0.0882 e. The Balaban J connectivity index is 1.80. The summed E-state index contributed by atoms with van der Waals surface area (Å²) in [5.41, 5.74) is 0. The predicted octanol–water partition coefficient (Wildman–Crippen LogP) is 6.26. The van der Waals surface area contributed by atoms with Gasteiger partial charge in [-0.05, 0) is 43.9 Å². The van der Waals surface area contributed by atoms with Crippen LogP contribution in [0.15, 0.2) is 12.2 Å². The fraction of sp³-hybridized carbons (Fsp3) is 0.889. The summed E-state index contributed by atoms with van der Waals surface area (Å²) in [5, 5.41) is 0. The molecule has 0 aromatic carbocycles. The molecule has 0 saturated heterocycles. The first kappa shape index (κ1) is 14.2. The molecule has 1 atom stereocenters. The highest BCUT2D eigenvalue weighted by Crippen LogP contribution is 2.32. The van der Waals surface area contributed by atoms with Crippen molar-refractivity contribution >= 4 is 0 Å². The second kappa shape index (κ2) is 8.77. The van der Waals surface area contributed by atoms with E-state index in [1.54, 1.807) is 0 Å². The second-order valence-electron chi connectivity index (χ2n) is 6.54. The molecule has 1 fully saturated rings. The Morgan fingerprint density at radius 2 is 1.11 bits per heavy atom. The first-order valence-electron chi connectivity index (χ1n) is 8.63. The van der Waals surface area contributed by atoms with Gasteiger partial charge in [0, 0.05) is 0 Å². The zero-order valence-electron chi connectivity index (χ0n) is 12.2. The minimum Gasteiger partial charge on any atom is -0.0882 e. The van der Waals surface area contributed by atoms with Crippen LogP contribution < -0.4 is 0 Å². The van der Waals surface area contributed by atoms with Crippen molar-refractivity contribution in [1.29, 1.82) is 0 Å². The Labute approximate surface area is 114 Å². The highest BCUT2D eigenvalue weighted by atomic mass is 14.2. The van der Waals surface area contributed by atoms with E-state index < -0.39 is 0 Å². The van der Waals surface area contributed by atoms with Crippen LogP contribution in [-0.4, -0.2) is 0 Å². The Morgan fingerprint density at radius 1 is 0.556 bits per heavy atom. The van der Waals surface area contributed by atoms with Crippen molar-refractivity contribution in [1.82, 2.24) is 0 Å². The average Bonchev–Trinajstić information content (AvgIpc) is 2.40.